The van der Waals surface area contributed by atoms with Gasteiger partial charge in [0, 0.05) is 20.6 Å². The van der Waals surface area contributed by atoms with Gasteiger partial charge in [0.25, 0.3) is 0 Å². The summed E-state index contributed by atoms with van der Waals surface area (Å²) in [6.07, 6.45) is 0.176. The first-order valence-corrected chi connectivity index (χ1v) is 6.07. The number of ether oxygens (including phenoxy) is 1. The summed E-state index contributed by atoms with van der Waals surface area (Å²) in [5.74, 6) is -0.351. The highest BCUT2D eigenvalue weighted by atomic mass is 19.4. The van der Waals surface area contributed by atoms with Crippen LogP contribution in [0.15, 0.2) is 12.3 Å². The van der Waals surface area contributed by atoms with E-state index in [1.54, 1.807) is 0 Å². The minimum atomic E-state index is -4.32. The SMILES string of the molecule is CN(C)C(=O)CN(C[C@@H]1CCC=CO1)CC(F)(F)F. The van der Waals surface area contributed by atoms with Crippen LogP contribution in [0.5, 0.6) is 0 Å². The predicted octanol–water partition coefficient (Wildman–Crippen LogP) is 1.63. The number of hydrogen-bond acceptors (Lipinski definition) is 3. The average molecular weight is 280 g/mol. The minimum absolute atomic E-state index is 0.101. The van der Waals surface area contributed by atoms with Crippen molar-refractivity contribution in [2.45, 2.75) is 25.1 Å². The molecule has 19 heavy (non-hydrogen) atoms. The van der Waals surface area contributed by atoms with Crippen molar-refractivity contribution in [3.63, 3.8) is 0 Å². The molecule has 1 heterocycles. The summed E-state index contributed by atoms with van der Waals surface area (Å²) in [7, 11) is 3.04. The Hall–Kier alpha value is -1.24. The fourth-order valence-corrected chi connectivity index (χ4v) is 1.78. The third-order valence-corrected chi connectivity index (χ3v) is 2.74. The van der Waals surface area contributed by atoms with Crippen LogP contribution in [0, 0.1) is 0 Å². The highest BCUT2D eigenvalue weighted by molar-refractivity contribution is 5.77. The Morgan fingerprint density at radius 1 is 1.42 bits per heavy atom. The number of rotatable bonds is 5. The summed E-state index contributed by atoms with van der Waals surface area (Å²) in [6.45, 7) is -1.25. The van der Waals surface area contributed by atoms with Crippen molar-refractivity contribution in [2.75, 3.05) is 33.7 Å². The maximum Gasteiger partial charge on any atom is 0.401 e. The van der Waals surface area contributed by atoms with E-state index in [1.807, 2.05) is 6.08 Å². The summed E-state index contributed by atoms with van der Waals surface area (Å²) in [6, 6.07) is 0. The predicted molar refractivity (Wildman–Crippen MR) is 64.4 cm³/mol. The van der Waals surface area contributed by atoms with E-state index in [0.717, 1.165) is 11.3 Å². The van der Waals surface area contributed by atoms with Crippen molar-refractivity contribution >= 4 is 5.91 Å². The largest absolute Gasteiger partial charge is 0.497 e. The number of halogens is 3. The second-order valence-electron chi connectivity index (χ2n) is 4.78. The van der Waals surface area contributed by atoms with E-state index in [4.69, 9.17) is 4.74 Å². The number of amides is 1. The first kappa shape index (κ1) is 15.8. The number of likely N-dealkylation sites (N-methyl/N-ethyl adjacent to an activating group) is 1. The van der Waals surface area contributed by atoms with Gasteiger partial charge in [0.05, 0.1) is 19.4 Å². The van der Waals surface area contributed by atoms with Gasteiger partial charge < -0.3 is 9.64 Å². The molecule has 1 amide bonds. The van der Waals surface area contributed by atoms with Crippen LogP contribution in [0.25, 0.3) is 0 Å². The van der Waals surface area contributed by atoms with Crippen LogP contribution in [0.3, 0.4) is 0 Å². The molecule has 1 rings (SSSR count). The highest BCUT2D eigenvalue weighted by Gasteiger charge is 2.33. The minimum Gasteiger partial charge on any atom is -0.497 e. The summed E-state index contributed by atoms with van der Waals surface area (Å²) in [5, 5.41) is 0. The molecular weight excluding hydrogens is 261 g/mol. The summed E-state index contributed by atoms with van der Waals surface area (Å²) in [4.78, 5) is 13.9. The van der Waals surface area contributed by atoms with Gasteiger partial charge in [-0.05, 0) is 18.9 Å². The van der Waals surface area contributed by atoms with Crippen molar-refractivity contribution in [1.82, 2.24) is 9.80 Å². The monoisotopic (exact) mass is 280 g/mol. The van der Waals surface area contributed by atoms with Gasteiger partial charge in [-0.2, -0.15) is 13.2 Å². The smallest absolute Gasteiger partial charge is 0.401 e. The summed E-state index contributed by atoms with van der Waals surface area (Å²) >= 11 is 0. The van der Waals surface area contributed by atoms with E-state index in [0.29, 0.717) is 6.42 Å². The number of carbonyl (C=O) groups is 1. The van der Waals surface area contributed by atoms with Crippen LogP contribution in [0.1, 0.15) is 12.8 Å². The van der Waals surface area contributed by atoms with Gasteiger partial charge in [0.2, 0.25) is 5.91 Å². The molecule has 0 radical (unpaired) electrons. The lowest BCUT2D eigenvalue weighted by molar-refractivity contribution is -0.153. The van der Waals surface area contributed by atoms with Crippen LogP contribution in [0.4, 0.5) is 13.2 Å². The Labute approximate surface area is 110 Å². The molecule has 0 N–H and O–H groups in total. The molecule has 1 atom stereocenters. The van der Waals surface area contributed by atoms with E-state index in [1.165, 1.54) is 25.3 Å². The second kappa shape index (κ2) is 6.79. The maximum atomic E-state index is 12.5. The van der Waals surface area contributed by atoms with E-state index >= 15 is 0 Å². The Kier molecular flexibility index (Phi) is 5.65. The maximum absolute atomic E-state index is 12.5. The van der Waals surface area contributed by atoms with E-state index < -0.39 is 12.7 Å². The molecular formula is C12H19F3N2O2. The first-order chi connectivity index (χ1) is 8.78. The Morgan fingerprint density at radius 3 is 2.58 bits per heavy atom. The van der Waals surface area contributed by atoms with Gasteiger partial charge in [-0.15, -0.1) is 0 Å². The summed E-state index contributed by atoms with van der Waals surface area (Å²) < 4.78 is 42.7. The number of nitrogens with zero attached hydrogens (tertiary/aromatic N) is 2. The van der Waals surface area contributed by atoms with Crippen molar-refractivity contribution in [3.8, 4) is 0 Å². The van der Waals surface area contributed by atoms with Crippen LogP contribution < -0.4 is 0 Å². The van der Waals surface area contributed by atoms with Crippen LogP contribution >= 0.6 is 0 Å². The molecule has 4 nitrogen and oxygen atoms in total. The fourth-order valence-electron chi connectivity index (χ4n) is 1.78. The van der Waals surface area contributed by atoms with Crippen LogP contribution in [0.2, 0.25) is 0 Å². The molecule has 110 valence electrons. The Morgan fingerprint density at radius 2 is 2.11 bits per heavy atom. The number of hydrogen-bond donors (Lipinski definition) is 0. The normalized spacial score (nSPS) is 19.4. The van der Waals surface area contributed by atoms with E-state index in [-0.39, 0.29) is 25.1 Å². The second-order valence-corrected chi connectivity index (χ2v) is 4.78. The fraction of sp³-hybridized carbons (Fsp3) is 0.750. The molecule has 0 unspecified atom stereocenters. The first-order valence-electron chi connectivity index (χ1n) is 6.07. The molecule has 1 aliphatic heterocycles. The quantitative estimate of drug-likeness (QED) is 0.767. The van der Waals surface area contributed by atoms with Crippen LogP contribution in [-0.2, 0) is 9.53 Å². The highest BCUT2D eigenvalue weighted by Crippen LogP contribution is 2.18. The van der Waals surface area contributed by atoms with Crippen molar-refractivity contribution in [1.29, 1.82) is 0 Å². The van der Waals surface area contributed by atoms with Crippen LogP contribution in [-0.4, -0.2) is 61.7 Å². The molecule has 7 heteroatoms. The molecule has 0 saturated heterocycles. The number of carbonyl (C=O) groups excluding carboxylic acids is 1. The third-order valence-electron chi connectivity index (χ3n) is 2.74. The van der Waals surface area contributed by atoms with Crippen molar-refractivity contribution in [3.05, 3.63) is 12.3 Å². The zero-order chi connectivity index (χ0) is 14.5. The molecule has 0 aromatic heterocycles. The van der Waals surface area contributed by atoms with E-state index in [2.05, 4.69) is 0 Å². The molecule has 1 aliphatic rings. The van der Waals surface area contributed by atoms with Gasteiger partial charge >= 0.3 is 6.18 Å². The average Bonchev–Trinajstić information content (AvgIpc) is 2.27. The molecule has 0 spiro atoms. The lowest BCUT2D eigenvalue weighted by Gasteiger charge is -2.29. The Bertz CT molecular complexity index is 329. The molecule has 0 fully saturated rings. The van der Waals surface area contributed by atoms with Gasteiger partial charge in [0.1, 0.15) is 6.10 Å². The molecule has 0 aromatic carbocycles. The number of alkyl halides is 3. The van der Waals surface area contributed by atoms with Gasteiger partial charge in [0.15, 0.2) is 0 Å². The molecule has 0 bridgehead atoms. The van der Waals surface area contributed by atoms with Crippen molar-refractivity contribution < 1.29 is 22.7 Å². The standard InChI is InChI=1S/C12H19F3N2O2/c1-16(2)11(18)8-17(9-12(13,14)15)7-10-5-3-4-6-19-10/h4,6,10H,3,5,7-9H2,1-2H3/t10-/m0/s1. The third kappa shape index (κ3) is 6.47. The van der Waals surface area contributed by atoms with Gasteiger partial charge in [-0.1, -0.05) is 0 Å². The van der Waals surface area contributed by atoms with Gasteiger partial charge in [-0.3, -0.25) is 9.69 Å². The molecule has 0 saturated carbocycles. The Balaban J connectivity index is 2.57. The zero-order valence-corrected chi connectivity index (χ0v) is 11.1. The number of allylic oxidation sites excluding steroid dienone is 1. The lowest BCUT2D eigenvalue weighted by atomic mass is 10.1. The zero-order valence-electron chi connectivity index (χ0n) is 11.1. The van der Waals surface area contributed by atoms with E-state index in [9.17, 15) is 18.0 Å². The molecule has 0 aliphatic carbocycles. The van der Waals surface area contributed by atoms with Gasteiger partial charge in [-0.25, -0.2) is 0 Å². The molecule has 0 aromatic rings. The summed E-state index contributed by atoms with van der Waals surface area (Å²) in [5.41, 5.74) is 0. The van der Waals surface area contributed by atoms with Crippen molar-refractivity contribution in [2.24, 2.45) is 0 Å². The topological polar surface area (TPSA) is 32.8 Å². The lowest BCUT2D eigenvalue weighted by Crippen LogP contribution is -2.45.